The molecule has 0 aliphatic heterocycles. The standard InChI is InChI=1S/C12H13FN2O2/c1-8(5-6-12(16)17)15-11-4-2-3-10(13)9(11)7-14/h2-4,8,15H,5-6H2,1H3,(H,16,17). The quantitative estimate of drug-likeness (QED) is 0.823. The van der Waals surface area contributed by atoms with Crippen LogP contribution in [0.5, 0.6) is 0 Å². The Bertz CT molecular complexity index is 454. The Labute approximate surface area is 98.7 Å². The molecular weight excluding hydrogens is 223 g/mol. The lowest BCUT2D eigenvalue weighted by Crippen LogP contribution is -2.17. The molecule has 5 heteroatoms. The summed E-state index contributed by atoms with van der Waals surface area (Å²) >= 11 is 0. The number of carboxylic acid groups (broad SMARTS) is 1. The highest BCUT2D eigenvalue weighted by Crippen LogP contribution is 2.19. The molecule has 90 valence electrons. The summed E-state index contributed by atoms with van der Waals surface area (Å²) in [4.78, 5) is 10.4. The van der Waals surface area contributed by atoms with Gasteiger partial charge in [0.2, 0.25) is 0 Å². The van der Waals surface area contributed by atoms with E-state index in [0.29, 0.717) is 12.1 Å². The van der Waals surface area contributed by atoms with E-state index >= 15 is 0 Å². The van der Waals surface area contributed by atoms with Crippen LogP contribution >= 0.6 is 0 Å². The Morgan fingerprint density at radius 1 is 1.65 bits per heavy atom. The lowest BCUT2D eigenvalue weighted by atomic mass is 10.1. The average Bonchev–Trinajstić information content (AvgIpc) is 2.27. The van der Waals surface area contributed by atoms with Crippen molar-refractivity contribution in [2.24, 2.45) is 0 Å². The predicted molar refractivity (Wildman–Crippen MR) is 61.1 cm³/mol. The predicted octanol–water partition coefficient (Wildman–Crippen LogP) is 2.36. The van der Waals surface area contributed by atoms with E-state index in [-0.39, 0.29) is 18.0 Å². The van der Waals surface area contributed by atoms with Crippen molar-refractivity contribution in [2.45, 2.75) is 25.8 Å². The Morgan fingerprint density at radius 3 is 2.94 bits per heavy atom. The van der Waals surface area contributed by atoms with Crippen LogP contribution in [0.1, 0.15) is 25.3 Å². The Morgan fingerprint density at radius 2 is 2.35 bits per heavy atom. The molecule has 1 unspecified atom stereocenters. The van der Waals surface area contributed by atoms with Crippen LogP contribution in [-0.2, 0) is 4.79 Å². The minimum absolute atomic E-state index is 0.0331. The largest absolute Gasteiger partial charge is 0.481 e. The number of aliphatic carboxylic acids is 1. The zero-order valence-corrected chi connectivity index (χ0v) is 9.40. The molecule has 0 aliphatic rings. The summed E-state index contributed by atoms with van der Waals surface area (Å²) in [6, 6.07) is 5.95. The zero-order chi connectivity index (χ0) is 12.8. The van der Waals surface area contributed by atoms with E-state index < -0.39 is 11.8 Å². The summed E-state index contributed by atoms with van der Waals surface area (Å²) in [7, 11) is 0. The van der Waals surface area contributed by atoms with E-state index in [1.807, 2.05) is 0 Å². The molecule has 0 fully saturated rings. The first-order valence-electron chi connectivity index (χ1n) is 5.21. The van der Waals surface area contributed by atoms with Gasteiger partial charge in [0, 0.05) is 12.5 Å². The van der Waals surface area contributed by atoms with Gasteiger partial charge in [-0.1, -0.05) is 6.07 Å². The Balaban J connectivity index is 2.72. The normalized spacial score (nSPS) is 11.6. The Kier molecular flexibility index (Phi) is 4.46. The molecule has 0 heterocycles. The lowest BCUT2D eigenvalue weighted by Gasteiger charge is -2.15. The lowest BCUT2D eigenvalue weighted by molar-refractivity contribution is -0.137. The highest BCUT2D eigenvalue weighted by molar-refractivity contribution is 5.66. The number of nitrogens with zero attached hydrogens (tertiary/aromatic N) is 1. The van der Waals surface area contributed by atoms with Gasteiger partial charge in [0.05, 0.1) is 5.69 Å². The SMILES string of the molecule is CC(CCC(=O)O)Nc1cccc(F)c1C#N. The van der Waals surface area contributed by atoms with Gasteiger partial charge in [-0.05, 0) is 25.5 Å². The number of nitriles is 1. The molecular formula is C12H13FN2O2. The molecule has 0 aromatic heterocycles. The third-order valence-corrected chi connectivity index (χ3v) is 2.32. The van der Waals surface area contributed by atoms with Crippen LogP contribution in [0.15, 0.2) is 18.2 Å². The maximum absolute atomic E-state index is 13.3. The summed E-state index contributed by atoms with van der Waals surface area (Å²) < 4.78 is 13.3. The van der Waals surface area contributed by atoms with Gasteiger partial charge in [-0.3, -0.25) is 4.79 Å². The highest BCUT2D eigenvalue weighted by Gasteiger charge is 2.11. The van der Waals surface area contributed by atoms with E-state index in [1.54, 1.807) is 19.1 Å². The number of benzene rings is 1. The number of hydrogen-bond donors (Lipinski definition) is 2. The van der Waals surface area contributed by atoms with Gasteiger partial charge in [0.25, 0.3) is 0 Å². The maximum Gasteiger partial charge on any atom is 0.303 e. The number of hydrogen-bond acceptors (Lipinski definition) is 3. The smallest absolute Gasteiger partial charge is 0.303 e. The van der Waals surface area contributed by atoms with Gasteiger partial charge in [0.1, 0.15) is 17.4 Å². The van der Waals surface area contributed by atoms with Crippen molar-refractivity contribution in [1.29, 1.82) is 5.26 Å². The van der Waals surface area contributed by atoms with E-state index in [2.05, 4.69) is 5.32 Å². The average molecular weight is 236 g/mol. The van der Waals surface area contributed by atoms with Gasteiger partial charge in [0.15, 0.2) is 0 Å². The second-order valence-corrected chi connectivity index (χ2v) is 3.75. The molecule has 0 bridgehead atoms. The fourth-order valence-corrected chi connectivity index (χ4v) is 1.44. The van der Waals surface area contributed by atoms with Gasteiger partial charge in [-0.25, -0.2) is 4.39 Å². The maximum atomic E-state index is 13.3. The van der Waals surface area contributed by atoms with Crippen LogP contribution in [0.3, 0.4) is 0 Å². The number of carboxylic acids is 1. The number of halogens is 1. The first-order chi connectivity index (χ1) is 8.04. The minimum atomic E-state index is -0.876. The van der Waals surface area contributed by atoms with Crippen LogP contribution in [0, 0.1) is 17.1 Å². The van der Waals surface area contributed by atoms with Crippen molar-refractivity contribution in [2.75, 3.05) is 5.32 Å². The summed E-state index contributed by atoms with van der Waals surface area (Å²) in [5.74, 6) is -1.46. The second-order valence-electron chi connectivity index (χ2n) is 3.75. The molecule has 0 saturated heterocycles. The summed E-state index contributed by atoms with van der Waals surface area (Å²) in [5, 5.41) is 20.3. The van der Waals surface area contributed by atoms with Crippen LogP contribution in [0.4, 0.5) is 10.1 Å². The summed E-state index contributed by atoms with van der Waals surface area (Å²) in [6.45, 7) is 1.79. The fourth-order valence-electron chi connectivity index (χ4n) is 1.44. The van der Waals surface area contributed by atoms with Gasteiger partial charge in [-0.2, -0.15) is 5.26 Å². The first kappa shape index (κ1) is 13.0. The zero-order valence-electron chi connectivity index (χ0n) is 9.40. The molecule has 1 aromatic rings. The summed E-state index contributed by atoms with van der Waals surface area (Å²) in [5.41, 5.74) is 0.347. The third-order valence-electron chi connectivity index (χ3n) is 2.32. The second kappa shape index (κ2) is 5.85. The number of rotatable bonds is 5. The van der Waals surface area contributed by atoms with Crippen LogP contribution < -0.4 is 5.32 Å². The van der Waals surface area contributed by atoms with Crippen molar-refractivity contribution >= 4 is 11.7 Å². The first-order valence-corrected chi connectivity index (χ1v) is 5.21. The molecule has 0 radical (unpaired) electrons. The Hall–Kier alpha value is -2.09. The number of anilines is 1. The van der Waals surface area contributed by atoms with E-state index in [0.717, 1.165) is 0 Å². The molecule has 1 atom stereocenters. The monoisotopic (exact) mass is 236 g/mol. The molecule has 0 saturated carbocycles. The molecule has 0 amide bonds. The van der Waals surface area contributed by atoms with Crippen molar-refractivity contribution in [3.63, 3.8) is 0 Å². The molecule has 1 rings (SSSR count). The molecule has 2 N–H and O–H groups in total. The van der Waals surface area contributed by atoms with Gasteiger partial charge in [-0.15, -0.1) is 0 Å². The van der Waals surface area contributed by atoms with E-state index in [4.69, 9.17) is 10.4 Å². The third kappa shape index (κ3) is 3.76. The summed E-state index contributed by atoms with van der Waals surface area (Å²) in [6.07, 6.45) is 0.447. The minimum Gasteiger partial charge on any atom is -0.481 e. The van der Waals surface area contributed by atoms with Gasteiger partial charge >= 0.3 is 5.97 Å². The molecule has 4 nitrogen and oxygen atoms in total. The van der Waals surface area contributed by atoms with E-state index in [1.165, 1.54) is 12.1 Å². The molecule has 17 heavy (non-hydrogen) atoms. The van der Waals surface area contributed by atoms with Crippen LogP contribution in [0.2, 0.25) is 0 Å². The van der Waals surface area contributed by atoms with Gasteiger partial charge < -0.3 is 10.4 Å². The fraction of sp³-hybridized carbons (Fsp3) is 0.333. The van der Waals surface area contributed by atoms with Crippen molar-refractivity contribution in [3.8, 4) is 6.07 Å². The number of nitrogens with one attached hydrogen (secondary N) is 1. The van der Waals surface area contributed by atoms with E-state index in [9.17, 15) is 9.18 Å². The van der Waals surface area contributed by atoms with Crippen molar-refractivity contribution in [1.82, 2.24) is 0 Å². The topological polar surface area (TPSA) is 73.1 Å². The van der Waals surface area contributed by atoms with Crippen molar-refractivity contribution in [3.05, 3.63) is 29.6 Å². The molecule has 0 aliphatic carbocycles. The number of carbonyl (C=O) groups is 1. The van der Waals surface area contributed by atoms with Crippen LogP contribution in [-0.4, -0.2) is 17.1 Å². The highest BCUT2D eigenvalue weighted by atomic mass is 19.1. The van der Waals surface area contributed by atoms with Crippen LogP contribution in [0.25, 0.3) is 0 Å². The van der Waals surface area contributed by atoms with Crippen molar-refractivity contribution < 1.29 is 14.3 Å². The molecule has 1 aromatic carbocycles. The molecule has 0 spiro atoms.